The highest BCUT2D eigenvalue weighted by Crippen LogP contribution is 2.14. The molecule has 1 atom stereocenters. The smallest absolute Gasteiger partial charge is 0.133 e. The first-order chi connectivity index (χ1) is 8.28. The van der Waals surface area contributed by atoms with Gasteiger partial charge < -0.3 is 15.3 Å². The van der Waals surface area contributed by atoms with Gasteiger partial charge in [-0.05, 0) is 44.1 Å². The molecule has 0 amide bonds. The Labute approximate surface area is 103 Å². The van der Waals surface area contributed by atoms with Crippen molar-refractivity contribution in [2.75, 3.05) is 26.2 Å². The van der Waals surface area contributed by atoms with Crippen molar-refractivity contribution in [2.45, 2.75) is 19.9 Å². The van der Waals surface area contributed by atoms with Crippen LogP contribution in [-0.4, -0.2) is 41.2 Å². The first-order valence-electron chi connectivity index (χ1n) is 6.35. The number of nitrogens with one attached hydrogen (secondary N) is 1. The van der Waals surface area contributed by atoms with Gasteiger partial charge in [-0.15, -0.1) is 0 Å². The van der Waals surface area contributed by atoms with Gasteiger partial charge in [0.1, 0.15) is 5.75 Å². The average Bonchev–Trinajstić information content (AvgIpc) is 2.80. The van der Waals surface area contributed by atoms with Crippen molar-refractivity contribution in [3.63, 3.8) is 0 Å². The molecule has 2 N–H and O–H groups in total. The molecule has 1 aliphatic rings. The Balaban J connectivity index is 1.68. The maximum absolute atomic E-state index is 9.12. The van der Waals surface area contributed by atoms with Crippen molar-refractivity contribution >= 4 is 0 Å². The molecule has 2 rings (SSSR count). The van der Waals surface area contributed by atoms with Gasteiger partial charge in [-0.25, -0.2) is 0 Å². The molecular formula is C13H21N3O. The number of hydrogen-bond donors (Lipinski definition) is 2. The van der Waals surface area contributed by atoms with E-state index in [1.54, 1.807) is 6.07 Å². The van der Waals surface area contributed by atoms with Crippen molar-refractivity contribution in [2.24, 2.45) is 5.92 Å². The lowest BCUT2D eigenvalue weighted by Gasteiger charge is -2.13. The fourth-order valence-corrected chi connectivity index (χ4v) is 2.29. The van der Waals surface area contributed by atoms with E-state index in [-0.39, 0.29) is 5.75 Å². The van der Waals surface area contributed by atoms with E-state index < -0.39 is 0 Å². The summed E-state index contributed by atoms with van der Waals surface area (Å²) >= 11 is 0. The van der Waals surface area contributed by atoms with Crippen molar-refractivity contribution in [3.05, 3.63) is 24.0 Å². The van der Waals surface area contributed by atoms with Gasteiger partial charge in [0, 0.05) is 13.1 Å². The van der Waals surface area contributed by atoms with E-state index in [4.69, 9.17) is 5.11 Å². The summed E-state index contributed by atoms with van der Waals surface area (Å²) in [4.78, 5) is 6.64. The lowest BCUT2D eigenvalue weighted by atomic mass is 10.1. The minimum Gasteiger partial charge on any atom is -0.506 e. The summed E-state index contributed by atoms with van der Waals surface area (Å²) in [5, 5.41) is 12.6. The van der Waals surface area contributed by atoms with Crippen LogP contribution >= 0.6 is 0 Å². The van der Waals surface area contributed by atoms with E-state index in [9.17, 15) is 0 Å². The fraction of sp³-hybridized carbons (Fsp3) is 0.615. The van der Waals surface area contributed by atoms with Crippen LogP contribution in [0.4, 0.5) is 0 Å². The maximum atomic E-state index is 9.12. The molecule has 1 unspecified atom stereocenters. The summed E-state index contributed by atoms with van der Waals surface area (Å²) in [6, 6.07) is 3.54. The molecule has 94 valence electrons. The first kappa shape index (κ1) is 12.3. The van der Waals surface area contributed by atoms with Crippen LogP contribution in [0.1, 0.15) is 19.0 Å². The average molecular weight is 235 g/mol. The number of likely N-dealkylation sites (tertiary alicyclic amines) is 1. The molecule has 1 saturated heterocycles. The molecule has 0 saturated carbocycles. The topological polar surface area (TPSA) is 48.4 Å². The van der Waals surface area contributed by atoms with Gasteiger partial charge in [-0.3, -0.25) is 4.98 Å². The SMILES string of the molecule is CCN1CCC(CNCc2ccc(O)cn2)C1. The van der Waals surface area contributed by atoms with Crippen molar-refractivity contribution in [1.29, 1.82) is 0 Å². The number of aromatic hydroxyl groups is 1. The lowest BCUT2D eigenvalue weighted by molar-refractivity contribution is 0.338. The highest BCUT2D eigenvalue weighted by molar-refractivity contribution is 5.17. The Morgan fingerprint density at radius 2 is 2.41 bits per heavy atom. The van der Waals surface area contributed by atoms with Gasteiger partial charge in [0.25, 0.3) is 0 Å². The summed E-state index contributed by atoms with van der Waals surface area (Å²) in [6.07, 6.45) is 2.79. The molecule has 0 radical (unpaired) electrons. The molecule has 2 heterocycles. The summed E-state index contributed by atoms with van der Waals surface area (Å²) < 4.78 is 0. The molecule has 1 aromatic heterocycles. The second kappa shape index (κ2) is 5.98. The van der Waals surface area contributed by atoms with E-state index in [1.807, 2.05) is 6.07 Å². The van der Waals surface area contributed by atoms with Gasteiger partial charge in [0.15, 0.2) is 0 Å². The van der Waals surface area contributed by atoms with Gasteiger partial charge in [0.2, 0.25) is 0 Å². The third-order valence-corrected chi connectivity index (χ3v) is 3.37. The predicted octanol–water partition coefficient (Wildman–Crippen LogP) is 1.22. The van der Waals surface area contributed by atoms with Crippen molar-refractivity contribution in [1.82, 2.24) is 15.2 Å². The van der Waals surface area contributed by atoms with E-state index >= 15 is 0 Å². The molecule has 0 bridgehead atoms. The Morgan fingerprint density at radius 1 is 1.53 bits per heavy atom. The van der Waals surface area contributed by atoms with Crippen LogP contribution < -0.4 is 5.32 Å². The zero-order valence-electron chi connectivity index (χ0n) is 10.4. The molecular weight excluding hydrogens is 214 g/mol. The number of rotatable bonds is 5. The largest absolute Gasteiger partial charge is 0.506 e. The number of nitrogens with zero attached hydrogens (tertiary/aromatic N) is 2. The minimum absolute atomic E-state index is 0.225. The number of hydrogen-bond acceptors (Lipinski definition) is 4. The monoisotopic (exact) mass is 235 g/mol. The molecule has 4 heteroatoms. The molecule has 0 aliphatic carbocycles. The predicted molar refractivity (Wildman–Crippen MR) is 67.8 cm³/mol. The van der Waals surface area contributed by atoms with Gasteiger partial charge in [0.05, 0.1) is 11.9 Å². The molecule has 1 fully saturated rings. The van der Waals surface area contributed by atoms with Gasteiger partial charge in [-0.2, -0.15) is 0 Å². The summed E-state index contributed by atoms with van der Waals surface area (Å²) in [5.74, 6) is 0.996. The minimum atomic E-state index is 0.225. The third-order valence-electron chi connectivity index (χ3n) is 3.37. The summed E-state index contributed by atoms with van der Waals surface area (Å²) in [7, 11) is 0. The van der Waals surface area contributed by atoms with Crippen LogP contribution in [0, 0.1) is 5.92 Å². The molecule has 0 spiro atoms. The molecule has 4 nitrogen and oxygen atoms in total. The molecule has 1 aromatic rings. The van der Waals surface area contributed by atoms with Crippen LogP contribution in [0.5, 0.6) is 5.75 Å². The van der Waals surface area contributed by atoms with Crippen LogP contribution in [-0.2, 0) is 6.54 Å². The zero-order valence-corrected chi connectivity index (χ0v) is 10.4. The van der Waals surface area contributed by atoms with Crippen LogP contribution in [0.3, 0.4) is 0 Å². The number of aromatic nitrogens is 1. The summed E-state index contributed by atoms with van der Waals surface area (Å²) in [5.41, 5.74) is 0.980. The van der Waals surface area contributed by atoms with Crippen molar-refractivity contribution in [3.8, 4) is 5.75 Å². The highest BCUT2D eigenvalue weighted by Gasteiger charge is 2.20. The normalized spacial score (nSPS) is 20.9. The second-order valence-electron chi connectivity index (χ2n) is 4.69. The first-order valence-corrected chi connectivity index (χ1v) is 6.35. The Kier molecular flexibility index (Phi) is 4.34. The third kappa shape index (κ3) is 3.68. The maximum Gasteiger partial charge on any atom is 0.133 e. The van der Waals surface area contributed by atoms with Crippen LogP contribution in [0.25, 0.3) is 0 Å². The lowest BCUT2D eigenvalue weighted by Crippen LogP contribution is -2.26. The standard InChI is InChI=1S/C13H21N3O/c1-2-16-6-5-11(10-16)7-14-8-12-3-4-13(17)9-15-12/h3-4,9,11,14,17H,2,5-8,10H2,1H3. The quantitative estimate of drug-likeness (QED) is 0.805. The van der Waals surface area contributed by atoms with Crippen LogP contribution in [0.15, 0.2) is 18.3 Å². The van der Waals surface area contributed by atoms with Crippen LogP contribution in [0.2, 0.25) is 0 Å². The van der Waals surface area contributed by atoms with E-state index in [0.29, 0.717) is 0 Å². The Bertz CT molecular complexity index is 339. The van der Waals surface area contributed by atoms with Gasteiger partial charge >= 0.3 is 0 Å². The van der Waals surface area contributed by atoms with Crippen molar-refractivity contribution < 1.29 is 5.11 Å². The Morgan fingerprint density at radius 3 is 3.06 bits per heavy atom. The molecule has 1 aliphatic heterocycles. The second-order valence-corrected chi connectivity index (χ2v) is 4.69. The van der Waals surface area contributed by atoms with E-state index in [0.717, 1.165) is 31.2 Å². The van der Waals surface area contributed by atoms with Gasteiger partial charge in [-0.1, -0.05) is 6.92 Å². The van der Waals surface area contributed by atoms with E-state index in [2.05, 4.69) is 22.1 Å². The highest BCUT2D eigenvalue weighted by atomic mass is 16.3. The zero-order chi connectivity index (χ0) is 12.1. The Hall–Kier alpha value is -1.13. The summed E-state index contributed by atoms with van der Waals surface area (Å²) in [6.45, 7) is 7.67. The number of pyridine rings is 1. The molecule has 0 aromatic carbocycles. The van der Waals surface area contributed by atoms with E-state index in [1.165, 1.54) is 25.7 Å². The fourth-order valence-electron chi connectivity index (χ4n) is 2.29. The molecule has 17 heavy (non-hydrogen) atoms.